The number of thiophene rings is 1. The number of hydrogen-bond acceptors (Lipinski definition) is 6. The minimum Gasteiger partial charge on any atom is -0.367 e. The van der Waals surface area contributed by atoms with Crippen LogP contribution >= 0.6 is 11.3 Å². The molecule has 0 bridgehead atoms. The number of nitrogen functional groups attached to an aromatic ring is 1. The maximum absolute atomic E-state index is 5.42. The molecule has 2 aromatic heterocycles. The highest BCUT2D eigenvalue weighted by atomic mass is 32.1. The van der Waals surface area contributed by atoms with E-state index in [0.717, 1.165) is 24.5 Å². The Balaban J connectivity index is 2.05. The highest BCUT2D eigenvalue weighted by Gasteiger charge is 2.08. The molecule has 0 radical (unpaired) electrons. The number of nitrogens with two attached hydrogens (primary N) is 1. The van der Waals surface area contributed by atoms with Gasteiger partial charge in [-0.1, -0.05) is 13.0 Å². The SMILES string of the molecule is CCc1nc(NN)cc(NC(C)Cc2cccs2)n1. The zero-order valence-electron chi connectivity index (χ0n) is 11.2. The standard InChI is InChI=1S/C13H19N5S/c1-3-11-16-12(8-13(17-11)18-14)15-9(2)7-10-5-4-6-19-10/h4-6,8-9H,3,7,14H2,1-2H3,(H2,15,16,17,18). The summed E-state index contributed by atoms with van der Waals surface area (Å²) in [6, 6.07) is 6.35. The lowest BCUT2D eigenvalue weighted by Crippen LogP contribution is -2.20. The predicted molar refractivity (Wildman–Crippen MR) is 80.3 cm³/mol. The number of aryl methyl sites for hydroxylation is 1. The number of aromatic nitrogens is 2. The summed E-state index contributed by atoms with van der Waals surface area (Å²) in [4.78, 5) is 10.1. The smallest absolute Gasteiger partial charge is 0.145 e. The topological polar surface area (TPSA) is 75.9 Å². The van der Waals surface area contributed by atoms with Crippen molar-refractivity contribution in [2.45, 2.75) is 32.7 Å². The Labute approximate surface area is 117 Å². The van der Waals surface area contributed by atoms with Gasteiger partial charge in [-0.2, -0.15) is 0 Å². The summed E-state index contributed by atoms with van der Waals surface area (Å²) in [6.45, 7) is 4.16. The van der Waals surface area contributed by atoms with Gasteiger partial charge in [0.25, 0.3) is 0 Å². The molecule has 1 atom stereocenters. The van der Waals surface area contributed by atoms with Crippen molar-refractivity contribution in [3.8, 4) is 0 Å². The Morgan fingerprint density at radius 2 is 2.16 bits per heavy atom. The molecule has 0 amide bonds. The molecule has 102 valence electrons. The van der Waals surface area contributed by atoms with Gasteiger partial charge in [0, 0.05) is 29.8 Å². The summed E-state index contributed by atoms with van der Waals surface area (Å²) in [5, 5.41) is 5.49. The Morgan fingerprint density at radius 1 is 1.37 bits per heavy atom. The van der Waals surface area contributed by atoms with Crippen molar-refractivity contribution in [1.82, 2.24) is 9.97 Å². The van der Waals surface area contributed by atoms with E-state index < -0.39 is 0 Å². The molecule has 2 aromatic rings. The second-order valence-electron chi connectivity index (χ2n) is 4.38. The van der Waals surface area contributed by atoms with Crippen molar-refractivity contribution in [1.29, 1.82) is 0 Å². The molecular formula is C13H19N5S. The van der Waals surface area contributed by atoms with E-state index in [0.29, 0.717) is 11.9 Å². The number of hydrogen-bond donors (Lipinski definition) is 3. The maximum atomic E-state index is 5.42. The zero-order valence-corrected chi connectivity index (χ0v) is 12.0. The summed E-state index contributed by atoms with van der Waals surface area (Å²) >= 11 is 1.77. The van der Waals surface area contributed by atoms with Gasteiger partial charge in [-0.05, 0) is 18.4 Å². The van der Waals surface area contributed by atoms with E-state index in [1.807, 2.05) is 13.0 Å². The van der Waals surface area contributed by atoms with Crippen LogP contribution in [0.2, 0.25) is 0 Å². The molecule has 0 aromatic carbocycles. The van der Waals surface area contributed by atoms with Gasteiger partial charge in [0.2, 0.25) is 0 Å². The molecule has 0 saturated heterocycles. The number of hydrazine groups is 1. The Kier molecular flexibility index (Phi) is 4.70. The van der Waals surface area contributed by atoms with Crippen molar-refractivity contribution >= 4 is 23.0 Å². The van der Waals surface area contributed by atoms with Gasteiger partial charge in [0.05, 0.1) is 0 Å². The minimum absolute atomic E-state index is 0.309. The van der Waals surface area contributed by atoms with E-state index in [4.69, 9.17) is 5.84 Å². The van der Waals surface area contributed by atoms with Crippen molar-refractivity contribution in [2.24, 2.45) is 5.84 Å². The largest absolute Gasteiger partial charge is 0.367 e. The third-order valence-corrected chi connectivity index (χ3v) is 3.62. The van der Waals surface area contributed by atoms with E-state index >= 15 is 0 Å². The van der Waals surface area contributed by atoms with Crippen LogP contribution in [0.25, 0.3) is 0 Å². The van der Waals surface area contributed by atoms with Gasteiger partial charge >= 0.3 is 0 Å². The summed E-state index contributed by atoms with van der Waals surface area (Å²) in [5.41, 5.74) is 2.57. The number of nitrogens with one attached hydrogen (secondary N) is 2. The average Bonchev–Trinajstić information content (AvgIpc) is 2.90. The van der Waals surface area contributed by atoms with Crippen molar-refractivity contribution in [2.75, 3.05) is 10.7 Å². The Morgan fingerprint density at radius 3 is 2.79 bits per heavy atom. The quantitative estimate of drug-likeness (QED) is 0.558. The highest BCUT2D eigenvalue weighted by Crippen LogP contribution is 2.15. The monoisotopic (exact) mass is 277 g/mol. The molecule has 1 unspecified atom stereocenters. The van der Waals surface area contributed by atoms with E-state index in [-0.39, 0.29) is 0 Å². The van der Waals surface area contributed by atoms with Gasteiger partial charge in [-0.25, -0.2) is 15.8 Å². The van der Waals surface area contributed by atoms with Crippen LogP contribution in [0.1, 0.15) is 24.5 Å². The van der Waals surface area contributed by atoms with Gasteiger partial charge in [-0.3, -0.25) is 0 Å². The van der Waals surface area contributed by atoms with Gasteiger partial charge in [-0.15, -0.1) is 11.3 Å². The first-order valence-electron chi connectivity index (χ1n) is 6.34. The van der Waals surface area contributed by atoms with Crippen molar-refractivity contribution < 1.29 is 0 Å². The van der Waals surface area contributed by atoms with Crippen LogP contribution in [-0.2, 0) is 12.8 Å². The van der Waals surface area contributed by atoms with Crippen LogP contribution in [0, 0.1) is 0 Å². The fourth-order valence-corrected chi connectivity index (χ4v) is 2.67. The molecule has 2 rings (SSSR count). The van der Waals surface area contributed by atoms with E-state index in [1.165, 1.54) is 4.88 Å². The molecule has 0 saturated carbocycles. The molecular weight excluding hydrogens is 258 g/mol. The van der Waals surface area contributed by atoms with Crippen molar-refractivity contribution in [3.63, 3.8) is 0 Å². The molecule has 0 aliphatic carbocycles. The lowest BCUT2D eigenvalue weighted by atomic mass is 10.2. The van der Waals surface area contributed by atoms with E-state index in [9.17, 15) is 0 Å². The fourth-order valence-electron chi connectivity index (χ4n) is 1.84. The predicted octanol–water partition coefficient (Wildman–Crippen LogP) is 2.43. The van der Waals surface area contributed by atoms with Crippen LogP contribution < -0.4 is 16.6 Å². The zero-order chi connectivity index (χ0) is 13.7. The third-order valence-electron chi connectivity index (χ3n) is 2.72. The average molecular weight is 277 g/mol. The van der Waals surface area contributed by atoms with Crippen LogP contribution in [-0.4, -0.2) is 16.0 Å². The molecule has 19 heavy (non-hydrogen) atoms. The molecule has 0 fully saturated rings. The van der Waals surface area contributed by atoms with Crippen LogP contribution in [0.3, 0.4) is 0 Å². The summed E-state index contributed by atoms with van der Waals surface area (Å²) < 4.78 is 0. The first kappa shape index (κ1) is 13.8. The van der Waals surface area contributed by atoms with Gasteiger partial charge < -0.3 is 10.7 Å². The molecule has 0 aliphatic rings. The molecule has 4 N–H and O–H groups in total. The van der Waals surface area contributed by atoms with Crippen molar-refractivity contribution in [3.05, 3.63) is 34.3 Å². The fraction of sp³-hybridized carbons (Fsp3) is 0.385. The normalized spacial score (nSPS) is 12.2. The van der Waals surface area contributed by atoms with Crippen LogP contribution in [0.4, 0.5) is 11.6 Å². The minimum atomic E-state index is 0.309. The third kappa shape index (κ3) is 3.90. The Hall–Kier alpha value is -1.66. The molecule has 2 heterocycles. The highest BCUT2D eigenvalue weighted by molar-refractivity contribution is 7.09. The van der Waals surface area contributed by atoms with Gasteiger partial charge in [0.15, 0.2) is 0 Å². The number of rotatable bonds is 6. The Bertz CT molecular complexity index is 490. The molecule has 0 spiro atoms. The first-order valence-corrected chi connectivity index (χ1v) is 7.22. The van der Waals surface area contributed by atoms with Crippen LogP contribution in [0.5, 0.6) is 0 Å². The number of anilines is 2. The maximum Gasteiger partial charge on any atom is 0.145 e. The number of nitrogens with zero attached hydrogens (tertiary/aromatic N) is 2. The second kappa shape index (κ2) is 6.49. The first-order chi connectivity index (χ1) is 9.21. The van der Waals surface area contributed by atoms with Crippen LogP contribution in [0.15, 0.2) is 23.6 Å². The second-order valence-corrected chi connectivity index (χ2v) is 5.41. The van der Waals surface area contributed by atoms with E-state index in [1.54, 1.807) is 11.3 Å². The molecule has 5 nitrogen and oxygen atoms in total. The summed E-state index contributed by atoms with van der Waals surface area (Å²) in [5.74, 6) is 7.64. The summed E-state index contributed by atoms with van der Waals surface area (Å²) in [7, 11) is 0. The molecule has 6 heteroatoms. The van der Waals surface area contributed by atoms with E-state index in [2.05, 4.69) is 45.1 Å². The lowest BCUT2D eigenvalue weighted by Gasteiger charge is -2.15. The lowest BCUT2D eigenvalue weighted by molar-refractivity contribution is 0.789. The van der Waals surface area contributed by atoms with Gasteiger partial charge in [0.1, 0.15) is 17.5 Å². The molecule has 0 aliphatic heterocycles. The summed E-state index contributed by atoms with van der Waals surface area (Å²) in [6.07, 6.45) is 1.76.